The van der Waals surface area contributed by atoms with Gasteiger partial charge in [0.05, 0.1) is 12.9 Å². The molecule has 0 N–H and O–H groups in total. The number of hydrogen-bond donors (Lipinski definition) is 0. The molecule has 0 radical (unpaired) electrons. The zero-order valence-corrected chi connectivity index (χ0v) is 12.7. The monoisotopic (exact) mass is 293 g/mol. The summed E-state index contributed by atoms with van der Waals surface area (Å²) in [7, 11) is 1.38. The Balaban J connectivity index is 2.06. The third-order valence-electron chi connectivity index (χ3n) is 2.57. The van der Waals surface area contributed by atoms with Crippen LogP contribution in [0.4, 0.5) is 0 Å². The Kier molecular flexibility index (Phi) is 4.61. The predicted molar refractivity (Wildman–Crippen MR) is 78.9 cm³/mol. The molecule has 0 fully saturated rings. The number of nitrogens with zero attached hydrogens (tertiary/aromatic N) is 1. The van der Waals surface area contributed by atoms with E-state index >= 15 is 0 Å². The zero-order valence-electron chi connectivity index (χ0n) is 11.1. The molecule has 0 aliphatic carbocycles. The van der Waals surface area contributed by atoms with Gasteiger partial charge in [-0.05, 0) is 26.0 Å². The summed E-state index contributed by atoms with van der Waals surface area (Å²) in [5.41, 5.74) is 1.68. The lowest BCUT2D eigenvalue weighted by Gasteiger charge is -2.00. The number of aryl methyl sites for hydroxylation is 2. The number of benzene rings is 1. The second-order valence-electron chi connectivity index (χ2n) is 4.11. The number of rotatable bonds is 4. The van der Waals surface area contributed by atoms with E-state index in [1.807, 2.05) is 13.0 Å². The van der Waals surface area contributed by atoms with Gasteiger partial charge in [0.1, 0.15) is 5.01 Å². The molecule has 0 amide bonds. The van der Waals surface area contributed by atoms with E-state index in [1.165, 1.54) is 17.6 Å². The highest BCUT2D eigenvalue weighted by Crippen LogP contribution is 2.27. The van der Waals surface area contributed by atoms with Crippen molar-refractivity contribution in [1.29, 1.82) is 0 Å². The minimum atomic E-state index is -0.361. The Hall–Kier alpha value is -1.33. The van der Waals surface area contributed by atoms with Crippen molar-refractivity contribution in [2.45, 2.75) is 24.5 Å². The van der Waals surface area contributed by atoms with Crippen LogP contribution in [0.3, 0.4) is 0 Å². The van der Waals surface area contributed by atoms with Crippen molar-refractivity contribution in [3.63, 3.8) is 0 Å². The molecule has 1 heterocycles. The number of methoxy groups -OCH3 is 1. The fraction of sp³-hybridized carbons (Fsp3) is 0.286. The number of aromatic nitrogens is 1. The van der Waals surface area contributed by atoms with E-state index < -0.39 is 0 Å². The van der Waals surface area contributed by atoms with E-state index in [9.17, 15) is 4.79 Å². The first kappa shape index (κ1) is 14.1. The average molecular weight is 293 g/mol. The molecule has 0 spiro atoms. The highest BCUT2D eigenvalue weighted by atomic mass is 32.2. The van der Waals surface area contributed by atoms with Crippen molar-refractivity contribution < 1.29 is 9.53 Å². The Morgan fingerprint density at radius 3 is 2.89 bits per heavy atom. The Labute approximate surface area is 121 Å². The van der Waals surface area contributed by atoms with Crippen LogP contribution in [0.2, 0.25) is 0 Å². The third kappa shape index (κ3) is 3.58. The summed E-state index contributed by atoms with van der Waals surface area (Å²) < 4.78 is 4.71. The summed E-state index contributed by atoms with van der Waals surface area (Å²) in [5, 5.41) is 0.949. The van der Waals surface area contributed by atoms with E-state index in [-0.39, 0.29) is 5.97 Å². The maximum absolute atomic E-state index is 11.5. The molecule has 2 aromatic rings. The van der Waals surface area contributed by atoms with Crippen LogP contribution in [0.5, 0.6) is 0 Å². The first-order valence-corrected chi connectivity index (χ1v) is 7.64. The smallest absolute Gasteiger partial charge is 0.357 e. The lowest BCUT2D eigenvalue weighted by molar-refractivity contribution is 0.0594. The Morgan fingerprint density at radius 1 is 1.42 bits per heavy atom. The number of ether oxygens (including phenoxy) is 1. The molecule has 0 unspecified atom stereocenters. The molecule has 19 heavy (non-hydrogen) atoms. The molecule has 100 valence electrons. The standard InChI is InChI=1S/C14H15NO2S2/c1-9-5-4-6-11(7-9)18-8-12-15-13(10(2)19-12)14(16)17-3/h4-7H,8H2,1-3H3. The van der Waals surface area contributed by atoms with Crippen LogP contribution in [0, 0.1) is 13.8 Å². The quantitative estimate of drug-likeness (QED) is 0.634. The summed E-state index contributed by atoms with van der Waals surface area (Å²) >= 11 is 3.27. The van der Waals surface area contributed by atoms with Crippen molar-refractivity contribution in [2.75, 3.05) is 7.11 Å². The second-order valence-corrected chi connectivity index (χ2v) is 6.45. The van der Waals surface area contributed by atoms with Gasteiger partial charge in [-0.25, -0.2) is 9.78 Å². The van der Waals surface area contributed by atoms with Gasteiger partial charge in [0, 0.05) is 9.77 Å². The molecule has 1 aromatic heterocycles. The van der Waals surface area contributed by atoms with E-state index in [1.54, 1.807) is 23.1 Å². The van der Waals surface area contributed by atoms with E-state index in [0.29, 0.717) is 5.69 Å². The molecule has 0 saturated heterocycles. The maximum Gasteiger partial charge on any atom is 0.357 e. The highest BCUT2D eigenvalue weighted by molar-refractivity contribution is 7.98. The van der Waals surface area contributed by atoms with Gasteiger partial charge in [-0.2, -0.15) is 0 Å². The van der Waals surface area contributed by atoms with Gasteiger partial charge in [-0.15, -0.1) is 23.1 Å². The van der Waals surface area contributed by atoms with Gasteiger partial charge < -0.3 is 4.74 Å². The molecule has 3 nitrogen and oxygen atoms in total. The fourth-order valence-corrected chi connectivity index (χ4v) is 3.58. The Morgan fingerprint density at radius 2 is 2.21 bits per heavy atom. The summed E-state index contributed by atoms with van der Waals surface area (Å²) in [5.74, 6) is 0.409. The first-order valence-electron chi connectivity index (χ1n) is 5.84. The van der Waals surface area contributed by atoms with Crippen LogP contribution >= 0.6 is 23.1 Å². The van der Waals surface area contributed by atoms with E-state index in [2.05, 4.69) is 30.1 Å². The van der Waals surface area contributed by atoms with Crippen molar-refractivity contribution in [3.05, 3.63) is 45.4 Å². The SMILES string of the molecule is COC(=O)c1nc(CSc2cccc(C)c2)sc1C. The molecular weight excluding hydrogens is 278 g/mol. The Bertz CT molecular complexity index is 593. The molecule has 0 saturated carbocycles. The second kappa shape index (κ2) is 6.21. The summed E-state index contributed by atoms with van der Waals surface area (Å²) in [4.78, 5) is 17.9. The lowest BCUT2D eigenvalue weighted by atomic mass is 10.2. The number of thiazole rings is 1. The largest absolute Gasteiger partial charge is 0.464 e. The van der Waals surface area contributed by atoms with Crippen molar-refractivity contribution in [2.24, 2.45) is 0 Å². The molecule has 0 bridgehead atoms. The minimum absolute atomic E-state index is 0.361. The number of hydrogen-bond acceptors (Lipinski definition) is 5. The van der Waals surface area contributed by atoms with Crippen molar-refractivity contribution in [3.8, 4) is 0 Å². The third-order valence-corrected chi connectivity index (χ3v) is 4.73. The van der Waals surface area contributed by atoms with Crippen molar-refractivity contribution >= 4 is 29.1 Å². The first-order chi connectivity index (χ1) is 9.10. The van der Waals surface area contributed by atoms with Crippen LogP contribution in [0.25, 0.3) is 0 Å². The molecular formula is C14H15NO2S2. The summed E-state index contributed by atoms with van der Waals surface area (Å²) in [6.07, 6.45) is 0. The van der Waals surface area contributed by atoms with Crippen molar-refractivity contribution in [1.82, 2.24) is 4.98 Å². The number of esters is 1. The topological polar surface area (TPSA) is 39.2 Å². The molecule has 1 aromatic carbocycles. The van der Waals surface area contributed by atoms with Gasteiger partial charge in [-0.3, -0.25) is 0 Å². The van der Waals surface area contributed by atoms with Gasteiger partial charge in [0.25, 0.3) is 0 Å². The van der Waals surface area contributed by atoms with Crippen LogP contribution < -0.4 is 0 Å². The summed E-state index contributed by atoms with van der Waals surface area (Å²) in [6, 6.07) is 8.35. The van der Waals surface area contributed by atoms with E-state index in [4.69, 9.17) is 4.74 Å². The fourth-order valence-electron chi connectivity index (χ4n) is 1.65. The predicted octanol–water partition coefficient (Wildman–Crippen LogP) is 3.84. The van der Waals surface area contributed by atoms with Crippen LogP contribution in [-0.2, 0) is 10.5 Å². The van der Waals surface area contributed by atoms with Crippen LogP contribution in [-0.4, -0.2) is 18.1 Å². The van der Waals surface area contributed by atoms with Gasteiger partial charge >= 0.3 is 5.97 Å². The minimum Gasteiger partial charge on any atom is -0.464 e. The number of carbonyl (C=O) groups excluding carboxylic acids is 1. The maximum atomic E-state index is 11.5. The summed E-state index contributed by atoms with van der Waals surface area (Å²) in [6.45, 7) is 3.97. The molecule has 0 atom stereocenters. The van der Waals surface area contributed by atoms with Gasteiger partial charge in [-0.1, -0.05) is 17.7 Å². The molecule has 0 aliphatic heterocycles. The van der Waals surface area contributed by atoms with Gasteiger partial charge in [0.2, 0.25) is 0 Å². The highest BCUT2D eigenvalue weighted by Gasteiger charge is 2.15. The number of thioether (sulfide) groups is 1. The zero-order chi connectivity index (χ0) is 13.8. The van der Waals surface area contributed by atoms with Crippen LogP contribution in [0.15, 0.2) is 29.2 Å². The lowest BCUT2D eigenvalue weighted by Crippen LogP contribution is -2.03. The molecule has 0 aliphatic rings. The number of carbonyl (C=O) groups is 1. The normalized spacial score (nSPS) is 10.5. The average Bonchev–Trinajstić information content (AvgIpc) is 2.77. The van der Waals surface area contributed by atoms with E-state index in [0.717, 1.165) is 15.6 Å². The van der Waals surface area contributed by atoms with Crippen LogP contribution in [0.1, 0.15) is 25.9 Å². The van der Waals surface area contributed by atoms with Gasteiger partial charge in [0.15, 0.2) is 5.69 Å². The molecule has 5 heteroatoms. The molecule has 2 rings (SSSR count).